The molecule has 0 aliphatic carbocycles. The van der Waals surface area contributed by atoms with Crippen molar-refractivity contribution in [1.82, 2.24) is 0 Å². The first-order chi connectivity index (χ1) is 6.97. The lowest BCUT2D eigenvalue weighted by atomic mass is 10.2. The van der Waals surface area contributed by atoms with Crippen LogP contribution in [0.25, 0.3) is 0 Å². The average molecular weight is 225 g/mol. The van der Waals surface area contributed by atoms with E-state index >= 15 is 0 Å². The maximum atomic E-state index is 11.9. The van der Waals surface area contributed by atoms with Crippen LogP contribution in [-0.4, -0.2) is 8.42 Å². The van der Waals surface area contributed by atoms with Crippen LogP contribution in [0.2, 0.25) is 0 Å². The van der Waals surface area contributed by atoms with Crippen LogP contribution in [0.4, 0.5) is 0 Å². The van der Waals surface area contributed by atoms with Gasteiger partial charge in [0.05, 0.1) is 10.6 Å². The number of sulfone groups is 1. The van der Waals surface area contributed by atoms with Gasteiger partial charge in [0, 0.05) is 0 Å². The van der Waals surface area contributed by atoms with Crippen molar-refractivity contribution in [1.29, 1.82) is 0 Å². The molecule has 0 aromatic heterocycles. The third kappa shape index (κ3) is 3.06. The van der Waals surface area contributed by atoms with E-state index in [9.17, 15) is 8.42 Å². The van der Waals surface area contributed by atoms with Crippen molar-refractivity contribution >= 4 is 9.84 Å². The van der Waals surface area contributed by atoms with Crippen LogP contribution in [0, 0.1) is 19.6 Å². The van der Waals surface area contributed by atoms with E-state index in [1.54, 1.807) is 6.07 Å². The SMILES string of the molecule is CCC[CH]S(=O)(=O)c1ccc(C)cc1C. The number of hydrogen-bond donors (Lipinski definition) is 0. The minimum atomic E-state index is -3.19. The first-order valence-electron chi connectivity index (χ1n) is 5.13. The van der Waals surface area contributed by atoms with Crippen molar-refractivity contribution in [2.24, 2.45) is 0 Å². The maximum absolute atomic E-state index is 11.9. The Morgan fingerprint density at radius 2 is 1.93 bits per heavy atom. The van der Waals surface area contributed by atoms with Gasteiger partial charge >= 0.3 is 0 Å². The molecule has 0 aliphatic rings. The fourth-order valence-electron chi connectivity index (χ4n) is 1.48. The van der Waals surface area contributed by atoms with Crippen molar-refractivity contribution in [3.8, 4) is 0 Å². The summed E-state index contributed by atoms with van der Waals surface area (Å²) < 4.78 is 23.7. The van der Waals surface area contributed by atoms with E-state index < -0.39 is 9.84 Å². The van der Waals surface area contributed by atoms with Crippen LogP contribution in [0.1, 0.15) is 30.9 Å². The molecule has 2 nitrogen and oxygen atoms in total. The van der Waals surface area contributed by atoms with Gasteiger partial charge in [-0.1, -0.05) is 31.0 Å². The molecule has 0 unspecified atom stereocenters. The smallest absolute Gasteiger partial charge is 0.182 e. The molecule has 0 spiro atoms. The topological polar surface area (TPSA) is 34.1 Å². The highest BCUT2D eigenvalue weighted by Gasteiger charge is 2.16. The Labute approximate surface area is 92.2 Å². The Bertz CT molecular complexity index is 433. The van der Waals surface area contributed by atoms with Gasteiger partial charge in [0.2, 0.25) is 0 Å². The van der Waals surface area contributed by atoms with Crippen LogP contribution < -0.4 is 0 Å². The van der Waals surface area contributed by atoms with E-state index in [1.165, 1.54) is 5.75 Å². The molecule has 1 aromatic rings. The second-order valence-electron chi connectivity index (χ2n) is 3.77. The molecule has 0 saturated heterocycles. The van der Waals surface area contributed by atoms with E-state index in [0.29, 0.717) is 11.3 Å². The quantitative estimate of drug-likeness (QED) is 0.789. The Kier molecular flexibility index (Phi) is 3.91. The highest BCUT2D eigenvalue weighted by atomic mass is 32.2. The Balaban J connectivity index is 3.05. The zero-order valence-electron chi connectivity index (χ0n) is 9.45. The molecule has 0 aliphatic heterocycles. The van der Waals surface area contributed by atoms with Gasteiger partial charge in [-0.25, -0.2) is 8.42 Å². The van der Waals surface area contributed by atoms with Crippen molar-refractivity contribution in [3.05, 3.63) is 35.1 Å². The summed E-state index contributed by atoms with van der Waals surface area (Å²) in [6.07, 6.45) is 1.46. The Hall–Kier alpha value is -0.830. The maximum Gasteiger partial charge on any atom is 0.182 e. The van der Waals surface area contributed by atoms with E-state index in [-0.39, 0.29) is 0 Å². The molecule has 1 radical (unpaired) electrons. The third-order valence-corrected chi connectivity index (χ3v) is 4.01. The molecule has 1 rings (SSSR count). The molecule has 0 heterocycles. The summed E-state index contributed by atoms with van der Waals surface area (Å²) in [5.74, 6) is 1.41. The zero-order valence-corrected chi connectivity index (χ0v) is 10.3. The molecule has 0 amide bonds. The fraction of sp³-hybridized carbons (Fsp3) is 0.417. The molecule has 0 atom stereocenters. The first kappa shape index (κ1) is 12.2. The lowest BCUT2D eigenvalue weighted by Crippen LogP contribution is -2.03. The highest BCUT2D eigenvalue weighted by molar-refractivity contribution is 7.93. The van der Waals surface area contributed by atoms with Crippen molar-refractivity contribution < 1.29 is 8.42 Å². The zero-order chi connectivity index (χ0) is 11.5. The van der Waals surface area contributed by atoms with Crippen LogP contribution in [-0.2, 0) is 9.84 Å². The van der Waals surface area contributed by atoms with Gasteiger partial charge in [0.15, 0.2) is 9.84 Å². The lowest BCUT2D eigenvalue weighted by Gasteiger charge is -2.07. The number of rotatable bonds is 4. The Morgan fingerprint density at radius 3 is 2.47 bits per heavy atom. The molecule has 0 N–H and O–H groups in total. The van der Waals surface area contributed by atoms with E-state index in [1.807, 2.05) is 32.9 Å². The molecule has 0 saturated carbocycles. The van der Waals surface area contributed by atoms with Gasteiger partial charge in [-0.2, -0.15) is 0 Å². The number of benzene rings is 1. The van der Waals surface area contributed by atoms with Gasteiger partial charge in [0.1, 0.15) is 0 Å². The monoisotopic (exact) mass is 225 g/mol. The molecule has 83 valence electrons. The summed E-state index contributed by atoms with van der Waals surface area (Å²) >= 11 is 0. The molecule has 0 fully saturated rings. The van der Waals surface area contributed by atoms with Gasteiger partial charge in [-0.3, -0.25) is 0 Å². The summed E-state index contributed by atoms with van der Waals surface area (Å²) in [5, 5.41) is 0. The Morgan fingerprint density at radius 1 is 1.27 bits per heavy atom. The summed E-state index contributed by atoms with van der Waals surface area (Å²) in [7, 11) is -3.19. The number of unbranched alkanes of at least 4 members (excludes halogenated alkanes) is 1. The predicted octanol–water partition coefficient (Wildman–Crippen LogP) is 3.04. The molecule has 1 aromatic carbocycles. The van der Waals surface area contributed by atoms with Gasteiger partial charge in [0.25, 0.3) is 0 Å². The summed E-state index contributed by atoms with van der Waals surface area (Å²) in [6.45, 7) is 5.76. The highest BCUT2D eigenvalue weighted by Crippen LogP contribution is 2.20. The van der Waals surface area contributed by atoms with E-state index in [0.717, 1.165) is 17.5 Å². The largest absolute Gasteiger partial charge is 0.223 e. The van der Waals surface area contributed by atoms with Crippen LogP contribution in [0.15, 0.2) is 23.1 Å². The summed E-state index contributed by atoms with van der Waals surface area (Å²) in [6, 6.07) is 5.42. The molecular formula is C12H17O2S. The first-order valence-corrected chi connectivity index (χ1v) is 6.67. The van der Waals surface area contributed by atoms with Crippen LogP contribution >= 0.6 is 0 Å². The molecule has 0 bridgehead atoms. The van der Waals surface area contributed by atoms with Gasteiger partial charge < -0.3 is 0 Å². The summed E-state index contributed by atoms with van der Waals surface area (Å²) in [4.78, 5) is 0.432. The molecular weight excluding hydrogens is 208 g/mol. The summed E-state index contributed by atoms with van der Waals surface area (Å²) in [5.41, 5.74) is 1.91. The van der Waals surface area contributed by atoms with Gasteiger partial charge in [-0.15, -0.1) is 0 Å². The number of aryl methyl sites for hydroxylation is 2. The normalized spacial score (nSPS) is 11.7. The average Bonchev–Trinajstić information content (AvgIpc) is 2.14. The van der Waals surface area contributed by atoms with Crippen molar-refractivity contribution in [2.45, 2.75) is 38.5 Å². The van der Waals surface area contributed by atoms with Gasteiger partial charge in [-0.05, 0) is 31.9 Å². The molecule has 3 heteroatoms. The fourth-order valence-corrected chi connectivity index (χ4v) is 2.97. The van der Waals surface area contributed by atoms with Crippen molar-refractivity contribution in [3.63, 3.8) is 0 Å². The van der Waals surface area contributed by atoms with E-state index in [4.69, 9.17) is 0 Å². The minimum Gasteiger partial charge on any atom is -0.223 e. The predicted molar refractivity (Wildman–Crippen MR) is 62.3 cm³/mol. The lowest BCUT2D eigenvalue weighted by molar-refractivity contribution is 0.598. The number of hydrogen-bond acceptors (Lipinski definition) is 2. The standard InChI is InChI=1S/C12H17O2S/c1-4-5-8-15(13,14)12-7-6-10(2)9-11(12)3/h6-9H,4-5H2,1-3H3. The third-order valence-electron chi connectivity index (χ3n) is 2.26. The second kappa shape index (κ2) is 4.79. The second-order valence-corrected chi connectivity index (χ2v) is 5.63. The minimum absolute atomic E-state index is 0.432. The van der Waals surface area contributed by atoms with Crippen LogP contribution in [0.5, 0.6) is 0 Å². The van der Waals surface area contributed by atoms with Crippen LogP contribution in [0.3, 0.4) is 0 Å². The molecule has 15 heavy (non-hydrogen) atoms. The van der Waals surface area contributed by atoms with Crippen molar-refractivity contribution in [2.75, 3.05) is 0 Å². The van der Waals surface area contributed by atoms with E-state index in [2.05, 4.69) is 0 Å².